The van der Waals surface area contributed by atoms with Crippen LogP contribution in [0.2, 0.25) is 0 Å². The van der Waals surface area contributed by atoms with Crippen LogP contribution in [0.4, 0.5) is 0 Å². The molecule has 0 aliphatic carbocycles. The molecule has 0 spiro atoms. The lowest BCUT2D eigenvalue weighted by atomic mass is 10.1. The summed E-state index contributed by atoms with van der Waals surface area (Å²) in [5.74, 6) is 0.630. The van der Waals surface area contributed by atoms with Gasteiger partial charge in [0.25, 0.3) is 5.56 Å². The van der Waals surface area contributed by atoms with Crippen molar-refractivity contribution in [1.29, 1.82) is 0 Å². The topological polar surface area (TPSA) is 75.5 Å². The standard InChI is InChI=1S/C20H23N5O3/c1-13-6-5-7-15(10-13)12-25-18(26)16-17(22(3)20(25)27)21-19-23(8-9-28-4)14(2)11-24(16)19/h5-7,10-11H,8-9,12H2,1-4H3. The third-order valence-electron chi connectivity index (χ3n) is 5.08. The van der Waals surface area contributed by atoms with Gasteiger partial charge in [0.05, 0.1) is 13.2 Å². The van der Waals surface area contributed by atoms with Gasteiger partial charge < -0.3 is 9.30 Å². The first-order chi connectivity index (χ1) is 13.4. The number of methoxy groups -OCH3 is 1. The molecular weight excluding hydrogens is 358 g/mol. The minimum Gasteiger partial charge on any atom is -0.383 e. The smallest absolute Gasteiger partial charge is 0.332 e. The van der Waals surface area contributed by atoms with Gasteiger partial charge >= 0.3 is 5.69 Å². The number of benzene rings is 1. The van der Waals surface area contributed by atoms with Gasteiger partial charge in [-0.15, -0.1) is 0 Å². The zero-order valence-electron chi connectivity index (χ0n) is 16.5. The van der Waals surface area contributed by atoms with Gasteiger partial charge in [-0.05, 0) is 19.4 Å². The van der Waals surface area contributed by atoms with E-state index in [1.807, 2.05) is 48.9 Å². The summed E-state index contributed by atoms with van der Waals surface area (Å²) in [5, 5.41) is 0. The quantitative estimate of drug-likeness (QED) is 0.525. The van der Waals surface area contributed by atoms with Crippen LogP contribution < -0.4 is 11.2 Å². The van der Waals surface area contributed by atoms with Crippen LogP contribution in [0, 0.1) is 13.8 Å². The first-order valence-corrected chi connectivity index (χ1v) is 9.14. The first kappa shape index (κ1) is 18.2. The third-order valence-corrected chi connectivity index (χ3v) is 5.08. The van der Waals surface area contributed by atoms with Crippen molar-refractivity contribution in [3.63, 3.8) is 0 Å². The van der Waals surface area contributed by atoms with E-state index in [-0.39, 0.29) is 17.8 Å². The minimum atomic E-state index is -0.375. The highest BCUT2D eigenvalue weighted by atomic mass is 16.5. The minimum absolute atomic E-state index is 0.222. The van der Waals surface area contributed by atoms with Crippen LogP contribution in [0.5, 0.6) is 0 Å². The van der Waals surface area contributed by atoms with E-state index in [1.54, 1.807) is 18.6 Å². The monoisotopic (exact) mass is 381 g/mol. The van der Waals surface area contributed by atoms with Gasteiger partial charge in [0.15, 0.2) is 11.2 Å². The van der Waals surface area contributed by atoms with Crippen molar-refractivity contribution in [1.82, 2.24) is 23.1 Å². The SMILES string of the molecule is COCCn1c(C)cn2c3c(=O)n(Cc4cccc(C)c4)c(=O)n(C)c3nc12. The Kier molecular flexibility index (Phi) is 4.43. The molecule has 4 aromatic rings. The van der Waals surface area contributed by atoms with Crippen LogP contribution in [0.25, 0.3) is 16.9 Å². The second-order valence-electron chi connectivity index (χ2n) is 7.09. The summed E-state index contributed by atoms with van der Waals surface area (Å²) in [6.07, 6.45) is 1.88. The Bertz CT molecular complexity index is 1310. The van der Waals surface area contributed by atoms with Gasteiger partial charge in [-0.3, -0.25) is 18.3 Å². The number of hydrogen-bond donors (Lipinski definition) is 0. The summed E-state index contributed by atoms with van der Waals surface area (Å²) in [5.41, 5.74) is 3.05. The van der Waals surface area contributed by atoms with Crippen LogP contribution in [0.1, 0.15) is 16.8 Å². The highest BCUT2D eigenvalue weighted by molar-refractivity contribution is 5.75. The van der Waals surface area contributed by atoms with Crippen molar-refractivity contribution >= 4 is 16.9 Å². The predicted octanol–water partition coefficient (Wildman–Crippen LogP) is 1.46. The fraction of sp³-hybridized carbons (Fsp3) is 0.350. The molecule has 0 fully saturated rings. The Morgan fingerprint density at radius 1 is 1.14 bits per heavy atom. The number of imidazole rings is 2. The Hall–Kier alpha value is -3.13. The van der Waals surface area contributed by atoms with E-state index in [0.717, 1.165) is 16.8 Å². The van der Waals surface area contributed by atoms with Crippen molar-refractivity contribution in [2.45, 2.75) is 26.9 Å². The lowest BCUT2D eigenvalue weighted by Gasteiger charge is -2.08. The molecule has 8 nitrogen and oxygen atoms in total. The number of rotatable bonds is 5. The second kappa shape index (κ2) is 6.79. The zero-order chi connectivity index (χ0) is 20.0. The van der Waals surface area contributed by atoms with E-state index in [2.05, 4.69) is 4.98 Å². The molecule has 0 saturated carbocycles. The van der Waals surface area contributed by atoms with E-state index in [1.165, 1.54) is 9.13 Å². The number of aromatic nitrogens is 5. The van der Waals surface area contributed by atoms with Gasteiger partial charge in [0.2, 0.25) is 5.78 Å². The van der Waals surface area contributed by atoms with Crippen LogP contribution in [-0.4, -0.2) is 36.8 Å². The Balaban J connectivity index is 1.97. The average molecular weight is 381 g/mol. The summed E-state index contributed by atoms with van der Waals surface area (Å²) in [6.45, 7) is 5.32. The maximum Gasteiger partial charge on any atom is 0.332 e. The molecule has 1 aromatic carbocycles. The fourth-order valence-corrected chi connectivity index (χ4v) is 3.65. The molecule has 0 aliphatic heterocycles. The fourth-order valence-electron chi connectivity index (χ4n) is 3.65. The van der Waals surface area contributed by atoms with E-state index in [9.17, 15) is 9.59 Å². The van der Waals surface area contributed by atoms with E-state index < -0.39 is 0 Å². The predicted molar refractivity (Wildman–Crippen MR) is 107 cm³/mol. The molecule has 8 heteroatoms. The molecule has 0 aliphatic rings. The Morgan fingerprint density at radius 3 is 2.64 bits per heavy atom. The molecule has 4 rings (SSSR count). The van der Waals surface area contributed by atoms with E-state index >= 15 is 0 Å². The van der Waals surface area contributed by atoms with Gasteiger partial charge in [0, 0.05) is 32.6 Å². The summed E-state index contributed by atoms with van der Waals surface area (Å²) in [4.78, 5) is 30.7. The Labute approximate surface area is 161 Å². The van der Waals surface area contributed by atoms with Crippen LogP contribution >= 0.6 is 0 Å². The van der Waals surface area contributed by atoms with Crippen molar-refractivity contribution in [3.05, 3.63) is 68.1 Å². The maximum absolute atomic E-state index is 13.3. The number of fused-ring (bicyclic) bond motifs is 3. The molecule has 0 unspecified atom stereocenters. The molecule has 0 amide bonds. The number of hydrogen-bond acceptors (Lipinski definition) is 4. The van der Waals surface area contributed by atoms with Gasteiger partial charge in [-0.1, -0.05) is 29.8 Å². The molecule has 0 radical (unpaired) electrons. The van der Waals surface area contributed by atoms with Crippen molar-refractivity contribution < 1.29 is 4.74 Å². The average Bonchev–Trinajstić information content (AvgIpc) is 3.17. The molecule has 0 atom stereocenters. The number of nitrogens with zero attached hydrogens (tertiary/aromatic N) is 5. The highest BCUT2D eigenvalue weighted by Gasteiger charge is 2.20. The van der Waals surface area contributed by atoms with E-state index in [0.29, 0.717) is 30.1 Å². The number of aryl methyl sites for hydroxylation is 3. The maximum atomic E-state index is 13.3. The van der Waals surface area contributed by atoms with Crippen LogP contribution in [0.15, 0.2) is 40.1 Å². The lowest BCUT2D eigenvalue weighted by molar-refractivity contribution is 0.187. The van der Waals surface area contributed by atoms with Gasteiger partial charge in [-0.25, -0.2) is 4.79 Å². The van der Waals surface area contributed by atoms with Gasteiger partial charge in [-0.2, -0.15) is 4.98 Å². The molecule has 0 N–H and O–H groups in total. The largest absolute Gasteiger partial charge is 0.383 e. The zero-order valence-corrected chi connectivity index (χ0v) is 16.5. The lowest BCUT2D eigenvalue weighted by Crippen LogP contribution is -2.39. The summed E-state index contributed by atoms with van der Waals surface area (Å²) in [7, 11) is 3.29. The molecule has 146 valence electrons. The summed E-state index contributed by atoms with van der Waals surface area (Å²) in [6, 6.07) is 7.81. The normalized spacial score (nSPS) is 11.7. The molecule has 3 heterocycles. The summed E-state index contributed by atoms with van der Waals surface area (Å²) < 4.78 is 11.6. The Morgan fingerprint density at radius 2 is 1.93 bits per heavy atom. The van der Waals surface area contributed by atoms with Gasteiger partial charge in [0.1, 0.15) is 0 Å². The highest BCUT2D eigenvalue weighted by Crippen LogP contribution is 2.16. The van der Waals surface area contributed by atoms with Crippen molar-refractivity contribution in [2.75, 3.05) is 13.7 Å². The van der Waals surface area contributed by atoms with Crippen molar-refractivity contribution in [2.24, 2.45) is 7.05 Å². The molecule has 3 aromatic heterocycles. The van der Waals surface area contributed by atoms with Crippen molar-refractivity contribution in [3.8, 4) is 0 Å². The van der Waals surface area contributed by atoms with Crippen LogP contribution in [-0.2, 0) is 24.9 Å². The summed E-state index contributed by atoms with van der Waals surface area (Å²) >= 11 is 0. The van der Waals surface area contributed by atoms with Crippen LogP contribution in [0.3, 0.4) is 0 Å². The molecule has 0 saturated heterocycles. The third kappa shape index (κ3) is 2.77. The first-order valence-electron chi connectivity index (χ1n) is 9.14. The molecule has 28 heavy (non-hydrogen) atoms. The molecular formula is C20H23N5O3. The molecule has 0 bridgehead atoms. The number of ether oxygens (including phenoxy) is 1. The second-order valence-corrected chi connectivity index (χ2v) is 7.09. The van der Waals surface area contributed by atoms with E-state index in [4.69, 9.17) is 4.74 Å².